The van der Waals surface area contributed by atoms with Gasteiger partial charge in [-0.25, -0.2) is 69.6 Å². The van der Waals surface area contributed by atoms with Crippen molar-refractivity contribution in [1.82, 2.24) is 115 Å². The van der Waals surface area contributed by atoms with Crippen molar-refractivity contribution in [2.75, 3.05) is 46.3 Å². The molecule has 696 valence electrons. The number of fused-ring (bicyclic) bond motifs is 5. The number of nitrogens with one attached hydrogen (secondary N) is 3. The summed E-state index contributed by atoms with van der Waals surface area (Å²) in [4.78, 5) is 82.2. The third kappa shape index (κ3) is 20.8. The summed E-state index contributed by atoms with van der Waals surface area (Å²) in [7, 11) is 3.89. The van der Waals surface area contributed by atoms with E-state index in [2.05, 4.69) is 199 Å². The van der Waals surface area contributed by atoms with E-state index in [1.54, 1.807) is 6.20 Å². The monoisotopic (exact) mass is 1840 g/mol. The molecule has 5 aromatic carbocycles. The van der Waals surface area contributed by atoms with E-state index in [1.807, 2.05) is 170 Å². The predicted molar refractivity (Wildman–Crippen MR) is 516 cm³/mol. The van der Waals surface area contributed by atoms with Crippen LogP contribution >= 0.6 is 0 Å². The van der Waals surface area contributed by atoms with E-state index < -0.39 is 17.3 Å². The minimum atomic E-state index is -0.550. The molecule has 33 nitrogen and oxygen atoms in total. The summed E-state index contributed by atoms with van der Waals surface area (Å²) in [6.45, 7) is 10.2. The second-order valence-electron chi connectivity index (χ2n) is 35.5. The molecular weight excluding hydrogens is 1740 g/mol. The number of ether oxygens (including phenoxy) is 4. The minimum absolute atomic E-state index is 0.239. The van der Waals surface area contributed by atoms with Crippen molar-refractivity contribution in [1.29, 1.82) is 0 Å². The summed E-state index contributed by atoms with van der Waals surface area (Å²) < 4.78 is 40.2. The second kappa shape index (κ2) is 40.9. The van der Waals surface area contributed by atoms with Crippen molar-refractivity contribution in [3.63, 3.8) is 0 Å². The third-order valence-corrected chi connectivity index (χ3v) is 26.4. The molecule has 0 unspecified atom stereocenters. The number of likely N-dealkylation sites (tertiary alicyclic amines) is 5. The van der Waals surface area contributed by atoms with Crippen molar-refractivity contribution in [3.8, 4) is 79.9 Å². The van der Waals surface area contributed by atoms with Crippen molar-refractivity contribution < 1.29 is 32.2 Å². The largest absolute Gasteiger partial charge is 0.452 e. The van der Waals surface area contributed by atoms with E-state index in [9.17, 15) is 14.4 Å². The average molecular weight is 1850 g/mol. The van der Waals surface area contributed by atoms with E-state index >= 15 is 0 Å². The Hall–Kier alpha value is -15.7. The predicted octanol–water partition coefficient (Wildman–Crippen LogP) is 17.0. The molecule has 3 N–H and O–H groups in total. The van der Waals surface area contributed by atoms with Gasteiger partial charge in [-0.05, 0) is 268 Å². The van der Waals surface area contributed by atoms with E-state index in [1.165, 1.54) is 51.8 Å². The van der Waals surface area contributed by atoms with Gasteiger partial charge >= 0.3 is 17.3 Å². The van der Waals surface area contributed by atoms with Crippen LogP contribution in [0.15, 0.2) is 290 Å². The summed E-state index contributed by atoms with van der Waals surface area (Å²) in [5.41, 5.74) is 21.4. The molecule has 25 rings (SSSR count). The van der Waals surface area contributed by atoms with Crippen LogP contribution in [0.4, 0.5) is 0 Å². The zero-order chi connectivity index (χ0) is 93.2. The Morgan fingerprint density at radius 1 is 0.319 bits per heavy atom. The number of hydrogen-bond donors (Lipinski definition) is 3. The Balaban J connectivity index is 0.000000103. The number of nitrogens with zero attached hydrogens (tertiary/aromatic N) is 20. The van der Waals surface area contributed by atoms with Gasteiger partial charge in [0.25, 0.3) is 11.8 Å². The highest BCUT2D eigenvalue weighted by Crippen LogP contribution is 2.43. The molecule has 33 heteroatoms. The topological polar surface area (TPSA) is 369 Å². The van der Waals surface area contributed by atoms with Crippen molar-refractivity contribution in [2.24, 2.45) is 14.1 Å². The summed E-state index contributed by atoms with van der Waals surface area (Å²) in [5.74, 6) is 1.87. The summed E-state index contributed by atoms with van der Waals surface area (Å²) >= 11 is 0. The van der Waals surface area contributed by atoms with Gasteiger partial charge in [0.15, 0.2) is 28.4 Å². The lowest BCUT2D eigenvalue weighted by atomic mass is 10.1. The third-order valence-electron chi connectivity index (χ3n) is 26.4. The highest BCUT2D eigenvalue weighted by atomic mass is 16.7. The zero-order valence-corrected chi connectivity index (χ0v) is 76.3. The van der Waals surface area contributed by atoms with Crippen LogP contribution < -0.4 is 36.2 Å². The first kappa shape index (κ1) is 88.9. The molecule has 5 atom stereocenters. The Kier molecular flexibility index (Phi) is 26.3. The van der Waals surface area contributed by atoms with Gasteiger partial charge in [-0.2, -0.15) is 10.2 Å². The van der Waals surface area contributed by atoms with Gasteiger partial charge in [0.1, 0.15) is 0 Å². The first-order valence-electron chi connectivity index (χ1n) is 46.8. The molecule has 0 aliphatic carbocycles. The molecule has 0 spiro atoms. The van der Waals surface area contributed by atoms with Crippen LogP contribution in [0.2, 0.25) is 0 Å². The smallest absolute Gasteiger partial charge is 0.434 e. The number of rotatable bonds is 20. The number of aromatic amines is 3. The maximum atomic E-state index is 11.1. The number of pyridine rings is 8. The van der Waals surface area contributed by atoms with Crippen molar-refractivity contribution in [3.05, 3.63) is 350 Å². The van der Waals surface area contributed by atoms with Crippen LogP contribution in [0, 0.1) is 0 Å². The number of benzene rings is 5. The van der Waals surface area contributed by atoms with Gasteiger partial charge in [0.05, 0.1) is 47.6 Å². The van der Waals surface area contributed by atoms with Gasteiger partial charge in [-0.15, -0.1) is 15.3 Å². The number of H-pyrrole nitrogens is 3. The van der Waals surface area contributed by atoms with Crippen LogP contribution in [0.1, 0.15) is 150 Å². The van der Waals surface area contributed by atoms with Gasteiger partial charge in [0, 0.05) is 146 Å². The molecule has 13 aromatic heterocycles. The van der Waals surface area contributed by atoms with E-state index in [-0.39, 0.29) is 13.6 Å². The maximum Gasteiger partial charge on any atom is 0.434 e. The summed E-state index contributed by atoms with van der Waals surface area (Å²) in [6.07, 6.45) is 28.6. The molecule has 20 heterocycles. The Morgan fingerprint density at radius 3 is 0.906 bits per heavy atom. The molecule has 138 heavy (non-hydrogen) atoms. The lowest BCUT2D eigenvalue weighted by Crippen LogP contribution is -2.23. The minimum Gasteiger partial charge on any atom is -0.452 e. The SMILES string of the molecule is Cn1cc(-c2ccc(CN3CCC[C@@H]3c3ccc4cccnc4n3)cc2)cn1.Cn1cc(-c2ccc(CN3CCC[C@H]3c3ccc4cccnc4n3)cc2)cn1.O=c1[nH]nc(-c2ccc(CN3CCC[C@@H]3c3ccc4cccnc4n3)cc2)o1.O=c1[nH]nc(-c2ccc(CN3CCC[C@@H]3c3cnc4c(c3)OCO4)cc2)o1.O=c1[nH]nc(-c2ccc(CN3CCC[C@H]3c3cnc4c(c3)OCO4)cc2)o1. The molecule has 5 saturated heterocycles. The fourth-order valence-electron chi connectivity index (χ4n) is 19.5. The summed E-state index contributed by atoms with van der Waals surface area (Å²) in [6, 6.07) is 72.1. The molecular formula is C105H101N23O10. The highest BCUT2D eigenvalue weighted by Gasteiger charge is 2.34. The molecule has 0 bridgehead atoms. The maximum absolute atomic E-state index is 11.1. The van der Waals surface area contributed by atoms with Crippen LogP contribution in [-0.4, -0.2) is 161 Å². The normalized spacial score (nSPS) is 18.0. The molecule has 7 aliphatic rings. The molecule has 0 saturated carbocycles. The zero-order valence-electron chi connectivity index (χ0n) is 76.3. The fourth-order valence-corrected chi connectivity index (χ4v) is 19.5. The van der Waals surface area contributed by atoms with Gasteiger partial charge < -0.3 is 32.2 Å². The van der Waals surface area contributed by atoms with E-state index in [0.717, 1.165) is 217 Å². The van der Waals surface area contributed by atoms with Gasteiger partial charge in [-0.3, -0.25) is 33.9 Å². The van der Waals surface area contributed by atoms with Crippen LogP contribution in [0.5, 0.6) is 23.3 Å². The Bertz CT molecular complexity index is 7080. The average Bonchev–Trinajstić information content (AvgIpc) is 1.68. The highest BCUT2D eigenvalue weighted by molar-refractivity contribution is 5.76. The standard InChI is InChI=1S/2C23H23N5.C21H19N5O2.2C19H18N4O4/c2*1-27-16-20(14-25-27)18-8-6-17(7-9-18)15-28-13-3-5-22(28)21-11-10-19-4-2-12-24-23(19)26-21;27-21-25-24-20(28-21)16-7-5-14(6-8-16)13-26-12-2-4-18(26)17-10-9-15-3-1-11-22-19(15)23-17;2*24-19-22-21-17(27-19)13-5-3-12(4-6-13)10-23-7-1-2-15(23)14-8-16-18(20-9-14)26-11-25-16/h2*2,4,6-12,14,16,22H,3,5,13,15H2,1H3;1,3,5-11,18H,2,4,12-13H2,(H,25,27);2*3-6,8-9,15H,1-2,7,10-11H2,(H,22,24)/t2*22-;18-;2*15-/m10110/s1. The molecule has 18 aromatic rings. The molecule has 0 radical (unpaired) electrons. The van der Waals surface area contributed by atoms with E-state index in [4.69, 9.17) is 47.2 Å². The molecule has 0 amide bonds. The Labute approximate surface area is 792 Å². The number of hydrogen-bond acceptors (Lipinski definition) is 28. The first-order chi connectivity index (χ1) is 67.8. The number of aryl methyl sites for hydroxylation is 2. The quantitative estimate of drug-likeness (QED) is 0.0638. The van der Waals surface area contributed by atoms with Gasteiger partial charge in [-0.1, -0.05) is 84.9 Å². The lowest BCUT2D eigenvalue weighted by Gasteiger charge is -2.24. The fraction of sp³-hybridized carbons (Fsp3) is 0.276. The lowest BCUT2D eigenvalue weighted by molar-refractivity contribution is 0.170. The molecule has 5 fully saturated rings. The van der Waals surface area contributed by atoms with Crippen molar-refractivity contribution >= 4 is 33.1 Å². The summed E-state index contributed by atoms with van der Waals surface area (Å²) in [5, 5.41) is 30.2. The molecule has 7 aliphatic heterocycles. The van der Waals surface area contributed by atoms with Crippen LogP contribution in [0.3, 0.4) is 0 Å². The van der Waals surface area contributed by atoms with Crippen LogP contribution in [0.25, 0.3) is 89.7 Å². The van der Waals surface area contributed by atoms with E-state index in [0.29, 0.717) is 59.6 Å². The van der Waals surface area contributed by atoms with Crippen LogP contribution in [-0.2, 0) is 46.8 Å². The number of aromatic nitrogens is 18. The second-order valence-corrected chi connectivity index (χ2v) is 35.5. The van der Waals surface area contributed by atoms with Crippen molar-refractivity contribution in [2.45, 2.75) is 127 Å². The first-order valence-corrected chi connectivity index (χ1v) is 46.8. The Morgan fingerprint density at radius 2 is 0.616 bits per heavy atom. The van der Waals surface area contributed by atoms with Gasteiger partial charge in [0.2, 0.25) is 31.3 Å².